The normalized spacial score (nSPS) is 13.4. The topological polar surface area (TPSA) is 187 Å². The quantitative estimate of drug-likeness (QED) is 0.0715. The SMILES string of the molecule is N=C(N=C(N=Cc1ccccc1)c1ccccc1)c1ccc(-c2ccc(C3(c4ccccc4)c4ccccc4C(=O)c4ccccc43)cc2)cc1.N=C(N=C(N=Cc1ccccc1)c1ccccc1)c1ccc(C2(c3ccccc3)c3ccccc3C(=O)c3ccccc32)cc1.O=C1c2ccccc2C(c2ccccc2)(c2ccccc2-c2nc(-c3ccccc3)nc(-c3ccccc3)n2)c2ccccc21. The third kappa shape index (κ3) is 17.0. The summed E-state index contributed by atoms with van der Waals surface area (Å²) in [6, 6.07) is 171. The number of carbonyl (C=O) groups excluding carboxylic acids is 3. The van der Waals surface area contributed by atoms with Crippen LogP contribution in [0.1, 0.15) is 148 Å². The van der Waals surface area contributed by atoms with Crippen molar-refractivity contribution in [2.24, 2.45) is 20.0 Å². The van der Waals surface area contributed by atoms with E-state index in [1.807, 2.05) is 364 Å². The van der Waals surface area contributed by atoms with Gasteiger partial charge < -0.3 is 0 Å². The Morgan fingerprint density at radius 3 is 0.738 bits per heavy atom. The number of aliphatic imine (C=N–C) groups is 4. The number of aromatic nitrogens is 3. The second kappa shape index (κ2) is 39.6. The molecule has 12 heteroatoms. The highest BCUT2D eigenvalue weighted by Crippen LogP contribution is 2.56. The molecule has 668 valence electrons. The van der Waals surface area contributed by atoms with Crippen molar-refractivity contribution in [3.8, 4) is 45.3 Å². The monoisotopic (exact) mass is 1810 g/mol. The molecule has 2 N–H and O–H groups in total. The molecule has 0 amide bonds. The van der Waals surface area contributed by atoms with Crippen molar-refractivity contribution >= 4 is 53.1 Å². The number of fused-ring (bicyclic) bond motifs is 6. The van der Waals surface area contributed by atoms with Crippen LogP contribution in [-0.4, -0.2) is 68.1 Å². The van der Waals surface area contributed by atoms with Crippen LogP contribution < -0.4 is 0 Å². The molecule has 3 aliphatic carbocycles. The van der Waals surface area contributed by atoms with Crippen LogP contribution in [0.3, 0.4) is 0 Å². The Kier molecular flexibility index (Phi) is 25.0. The average Bonchev–Trinajstić information content (AvgIpc) is 0.706. The molecule has 12 nitrogen and oxygen atoms in total. The number of amidine groups is 4. The number of hydrogen-bond donors (Lipinski definition) is 2. The van der Waals surface area contributed by atoms with Gasteiger partial charge in [-0.05, 0) is 89.0 Å². The standard InChI is InChI=1S/C47H33N3O.C41H27N3O.C41H29N3O/c48-45(50-46(37-16-6-2-7-17-37)49-32-33-14-4-1-5-15-33)36-26-24-34(25-27-36)35-28-30-39(31-29-35)47(38-18-8-3-9-19-38)42-22-12-10-20-40(42)44(51)41-21-11-13-23-43(41)47;45-37-31-22-10-13-25-34(31)41(30-20-8-3-9-21-30,35-26-14-11-23-32(35)37)36-27-15-12-24-33(36)40-43-38(28-16-4-1-5-17-28)42-39(44-40)29-18-6-2-7-19-29;42-39(44-40(31-16-6-2-7-17-31)43-28-29-14-4-1-5-15-29)30-24-26-33(27-25-30)41(32-18-8-3-9-19-32)36-22-12-10-20-34(36)38(45)35-21-11-13-23-37(35)41/h1-32,48H;1-27H;1-28,42H. The van der Waals surface area contributed by atoms with Gasteiger partial charge in [-0.1, -0.05) is 516 Å². The lowest BCUT2D eigenvalue weighted by Crippen LogP contribution is -2.38. The second-order valence-corrected chi connectivity index (χ2v) is 34.6. The van der Waals surface area contributed by atoms with E-state index < -0.39 is 16.2 Å². The maximum absolute atomic E-state index is 14.0. The van der Waals surface area contributed by atoms with E-state index in [1.165, 1.54) is 0 Å². The van der Waals surface area contributed by atoms with E-state index >= 15 is 0 Å². The van der Waals surface area contributed by atoms with Gasteiger partial charge >= 0.3 is 0 Å². The van der Waals surface area contributed by atoms with Gasteiger partial charge in [0.05, 0.1) is 16.2 Å². The summed E-state index contributed by atoms with van der Waals surface area (Å²) in [7, 11) is 0. The molecule has 0 fully saturated rings. The maximum atomic E-state index is 14.0. The van der Waals surface area contributed by atoms with Gasteiger partial charge in [0.15, 0.2) is 58.2 Å². The van der Waals surface area contributed by atoms with E-state index in [2.05, 4.69) is 172 Å². The Bertz CT molecular complexity index is 7980. The average molecular weight is 1810 g/mol. The molecular formula is C129H89N9O3. The van der Waals surface area contributed by atoms with Crippen molar-refractivity contribution in [2.45, 2.75) is 16.2 Å². The first-order valence-corrected chi connectivity index (χ1v) is 46.8. The van der Waals surface area contributed by atoms with E-state index in [-0.39, 0.29) is 29.0 Å². The van der Waals surface area contributed by atoms with Crippen molar-refractivity contribution in [1.82, 2.24) is 15.0 Å². The first-order chi connectivity index (χ1) is 69.5. The summed E-state index contributed by atoms with van der Waals surface area (Å²) < 4.78 is 0. The van der Waals surface area contributed by atoms with Crippen LogP contribution in [-0.2, 0) is 16.2 Å². The Balaban J connectivity index is 0.000000126. The van der Waals surface area contributed by atoms with Crippen LogP contribution in [0.2, 0.25) is 0 Å². The van der Waals surface area contributed by atoms with Crippen LogP contribution in [0.5, 0.6) is 0 Å². The number of hydrogen-bond acceptors (Lipinski definition) is 8. The number of nitrogens with zero attached hydrogens (tertiary/aromatic N) is 7. The van der Waals surface area contributed by atoms with E-state index in [0.29, 0.717) is 62.5 Å². The van der Waals surface area contributed by atoms with Crippen LogP contribution >= 0.6 is 0 Å². The number of nitrogens with one attached hydrogen (secondary N) is 2. The molecule has 0 saturated carbocycles. The third-order valence-corrected chi connectivity index (χ3v) is 26.5. The summed E-state index contributed by atoms with van der Waals surface area (Å²) in [4.78, 5) is 75.3. The fourth-order valence-electron chi connectivity index (χ4n) is 20.1. The number of ketones is 3. The summed E-state index contributed by atoms with van der Waals surface area (Å²) in [5.41, 5.74) is 23.8. The van der Waals surface area contributed by atoms with Crippen LogP contribution in [0.15, 0.2) is 536 Å². The predicted molar refractivity (Wildman–Crippen MR) is 567 cm³/mol. The van der Waals surface area contributed by atoms with Gasteiger partial charge in [0.25, 0.3) is 0 Å². The van der Waals surface area contributed by atoms with Gasteiger partial charge in [-0.2, -0.15) is 0 Å². The predicted octanol–water partition coefficient (Wildman–Crippen LogP) is 27.5. The zero-order valence-electron chi connectivity index (χ0n) is 76.6. The van der Waals surface area contributed by atoms with Gasteiger partial charge in [-0.25, -0.2) is 34.9 Å². The van der Waals surface area contributed by atoms with E-state index in [4.69, 9.17) is 25.8 Å². The first-order valence-electron chi connectivity index (χ1n) is 46.8. The van der Waals surface area contributed by atoms with Crippen LogP contribution in [0.4, 0.5) is 0 Å². The molecule has 23 rings (SSSR count). The first kappa shape index (κ1) is 88.8. The molecule has 0 aliphatic heterocycles. The van der Waals surface area contributed by atoms with E-state index in [9.17, 15) is 14.4 Å². The molecule has 141 heavy (non-hydrogen) atoms. The second-order valence-electron chi connectivity index (χ2n) is 34.6. The maximum Gasteiger partial charge on any atom is 0.193 e. The molecule has 0 bridgehead atoms. The smallest absolute Gasteiger partial charge is 0.193 e. The molecule has 0 atom stereocenters. The molecule has 0 unspecified atom stereocenters. The zero-order valence-corrected chi connectivity index (χ0v) is 76.6. The van der Waals surface area contributed by atoms with Gasteiger partial charge in [0.2, 0.25) is 0 Å². The zero-order chi connectivity index (χ0) is 95.5. The molecule has 3 aliphatic rings. The molecule has 20 aromatic rings. The van der Waals surface area contributed by atoms with E-state index in [1.54, 1.807) is 12.4 Å². The molecule has 0 spiro atoms. The minimum absolute atomic E-state index is 0.0307. The molecule has 0 saturated heterocycles. The molecule has 1 heterocycles. The minimum Gasteiger partial charge on any atom is -0.289 e. The molecule has 19 aromatic carbocycles. The van der Waals surface area contributed by atoms with Gasteiger partial charge in [0, 0.05) is 84.8 Å². The third-order valence-electron chi connectivity index (χ3n) is 26.5. The van der Waals surface area contributed by atoms with Gasteiger partial charge in [-0.15, -0.1) is 0 Å². The Morgan fingerprint density at radius 2 is 0.418 bits per heavy atom. The van der Waals surface area contributed by atoms with Crippen LogP contribution in [0, 0.1) is 10.8 Å². The summed E-state index contributed by atoms with van der Waals surface area (Å²) in [6.45, 7) is 0. The number of rotatable bonds is 16. The molecular weight excluding hydrogens is 1720 g/mol. The summed E-state index contributed by atoms with van der Waals surface area (Å²) in [6.07, 6.45) is 3.54. The fraction of sp³-hybridized carbons (Fsp3) is 0.0233. The molecule has 1 aromatic heterocycles. The highest BCUT2D eigenvalue weighted by Gasteiger charge is 2.50. The van der Waals surface area contributed by atoms with Gasteiger partial charge in [-0.3, -0.25) is 25.2 Å². The van der Waals surface area contributed by atoms with Crippen molar-refractivity contribution in [3.05, 3.63) is 649 Å². The number of benzene rings is 19. The van der Waals surface area contributed by atoms with Gasteiger partial charge in [0.1, 0.15) is 0 Å². The van der Waals surface area contributed by atoms with Crippen molar-refractivity contribution < 1.29 is 14.4 Å². The lowest BCUT2D eigenvalue weighted by atomic mass is 9.58. The summed E-state index contributed by atoms with van der Waals surface area (Å²) in [5.74, 6) is 3.07. The lowest BCUT2D eigenvalue weighted by Gasteiger charge is -2.42. The van der Waals surface area contributed by atoms with Crippen molar-refractivity contribution in [1.29, 1.82) is 10.8 Å². The fourth-order valence-corrected chi connectivity index (χ4v) is 20.1. The Morgan fingerprint density at radius 1 is 0.199 bits per heavy atom. The summed E-state index contributed by atoms with van der Waals surface area (Å²) >= 11 is 0. The van der Waals surface area contributed by atoms with Crippen LogP contribution in [0.25, 0.3) is 45.3 Å². The Labute approximate surface area is 818 Å². The summed E-state index contributed by atoms with van der Waals surface area (Å²) in [5, 5.41) is 17.8. The van der Waals surface area contributed by atoms with Crippen molar-refractivity contribution in [3.63, 3.8) is 0 Å². The largest absolute Gasteiger partial charge is 0.289 e. The number of carbonyl (C=O) groups is 3. The Hall–Kier alpha value is -18.8. The highest BCUT2D eigenvalue weighted by atomic mass is 16.1. The van der Waals surface area contributed by atoms with E-state index in [0.717, 1.165) is 128 Å². The highest BCUT2D eigenvalue weighted by molar-refractivity contribution is 6.18. The molecule has 0 radical (unpaired) electrons. The van der Waals surface area contributed by atoms with Crippen molar-refractivity contribution in [2.75, 3.05) is 0 Å². The lowest BCUT2D eigenvalue weighted by molar-refractivity contribution is 0.102. The minimum atomic E-state index is -0.814.